The lowest BCUT2D eigenvalue weighted by atomic mass is 9.96. The zero-order valence-electron chi connectivity index (χ0n) is 9.98. The zero-order valence-corrected chi connectivity index (χ0v) is 9.98. The number of Topliss-reactive ketones (excluding diaryl/α,β-unsaturated/α-hetero) is 1. The molecular formula is C12H21NO3. The molecule has 0 radical (unpaired) electrons. The molecule has 1 heterocycles. The zero-order chi connectivity index (χ0) is 11.4. The first-order valence-electron chi connectivity index (χ1n) is 6.17. The maximum atomic E-state index is 11.1. The van der Waals surface area contributed by atoms with Gasteiger partial charge in [-0.3, -0.25) is 4.79 Å². The smallest absolute Gasteiger partial charge is 0.133 e. The molecular weight excluding hydrogens is 206 g/mol. The summed E-state index contributed by atoms with van der Waals surface area (Å²) in [6, 6.07) is 0. The molecule has 2 fully saturated rings. The third kappa shape index (κ3) is 3.54. The van der Waals surface area contributed by atoms with Crippen LogP contribution in [0.25, 0.3) is 0 Å². The summed E-state index contributed by atoms with van der Waals surface area (Å²) in [6.45, 7) is 3.43. The number of ketones is 1. The van der Waals surface area contributed by atoms with Crippen molar-refractivity contribution in [1.82, 2.24) is 4.90 Å². The van der Waals surface area contributed by atoms with Crippen molar-refractivity contribution in [2.24, 2.45) is 0 Å². The number of carbonyl (C=O) groups is 1. The van der Waals surface area contributed by atoms with Gasteiger partial charge in [0.2, 0.25) is 0 Å². The van der Waals surface area contributed by atoms with Crippen LogP contribution in [0.1, 0.15) is 25.7 Å². The van der Waals surface area contributed by atoms with Crippen molar-refractivity contribution in [2.75, 3.05) is 33.4 Å². The average molecular weight is 227 g/mol. The molecule has 1 unspecified atom stereocenters. The number of carbonyl (C=O) groups excluding carboxylic acids is 1. The molecule has 4 heteroatoms. The van der Waals surface area contributed by atoms with Crippen LogP contribution in [0, 0.1) is 0 Å². The predicted octanol–water partition coefficient (Wildman–Crippen LogP) is 0.845. The van der Waals surface area contributed by atoms with Crippen LogP contribution < -0.4 is 0 Å². The van der Waals surface area contributed by atoms with Crippen molar-refractivity contribution in [3.8, 4) is 0 Å². The molecule has 1 aliphatic carbocycles. The Labute approximate surface area is 96.9 Å². The molecule has 0 aromatic rings. The summed E-state index contributed by atoms with van der Waals surface area (Å²) in [7, 11) is 2.11. The van der Waals surface area contributed by atoms with Gasteiger partial charge in [0.25, 0.3) is 0 Å². The highest BCUT2D eigenvalue weighted by atomic mass is 16.5. The van der Waals surface area contributed by atoms with E-state index in [1.807, 2.05) is 0 Å². The first-order chi connectivity index (χ1) is 7.74. The van der Waals surface area contributed by atoms with Crippen molar-refractivity contribution >= 4 is 5.78 Å². The highest BCUT2D eigenvalue weighted by Crippen LogP contribution is 2.18. The summed E-state index contributed by atoms with van der Waals surface area (Å²) in [5.41, 5.74) is 0. The van der Waals surface area contributed by atoms with Gasteiger partial charge in [-0.2, -0.15) is 0 Å². The largest absolute Gasteiger partial charge is 0.375 e. The second kappa shape index (κ2) is 5.75. The van der Waals surface area contributed by atoms with E-state index >= 15 is 0 Å². The molecule has 0 amide bonds. The second-order valence-corrected chi connectivity index (χ2v) is 4.83. The molecule has 0 bridgehead atoms. The van der Waals surface area contributed by atoms with Crippen molar-refractivity contribution < 1.29 is 14.3 Å². The molecule has 92 valence electrons. The lowest BCUT2D eigenvalue weighted by Crippen LogP contribution is -2.43. The highest BCUT2D eigenvalue weighted by molar-refractivity contribution is 5.79. The van der Waals surface area contributed by atoms with Crippen molar-refractivity contribution in [3.63, 3.8) is 0 Å². The Morgan fingerprint density at radius 2 is 2.19 bits per heavy atom. The SMILES string of the molecule is CN1CCOC(COC2CCC(=O)CC2)C1. The molecule has 4 nitrogen and oxygen atoms in total. The number of ether oxygens (including phenoxy) is 2. The summed E-state index contributed by atoms with van der Waals surface area (Å²) < 4.78 is 11.4. The fraction of sp³-hybridized carbons (Fsp3) is 0.917. The minimum absolute atomic E-state index is 0.205. The van der Waals surface area contributed by atoms with E-state index in [9.17, 15) is 4.79 Å². The fourth-order valence-electron chi connectivity index (χ4n) is 2.29. The molecule has 1 aliphatic heterocycles. The summed E-state index contributed by atoms with van der Waals surface area (Å²) in [6.07, 6.45) is 3.64. The molecule has 1 saturated carbocycles. The standard InChI is InChI=1S/C12H21NO3/c1-13-6-7-15-12(8-13)9-16-11-4-2-10(14)3-5-11/h11-12H,2-9H2,1H3. The predicted molar refractivity (Wildman–Crippen MR) is 60.5 cm³/mol. The van der Waals surface area contributed by atoms with Crippen LogP contribution in [0.5, 0.6) is 0 Å². The monoisotopic (exact) mass is 227 g/mol. The van der Waals surface area contributed by atoms with Gasteiger partial charge < -0.3 is 14.4 Å². The van der Waals surface area contributed by atoms with Crippen LogP contribution >= 0.6 is 0 Å². The van der Waals surface area contributed by atoms with Gasteiger partial charge in [0.05, 0.1) is 25.4 Å². The first kappa shape index (κ1) is 12.0. The van der Waals surface area contributed by atoms with E-state index in [1.165, 1.54) is 0 Å². The van der Waals surface area contributed by atoms with Crippen LogP contribution in [0.3, 0.4) is 0 Å². The third-order valence-electron chi connectivity index (χ3n) is 3.35. The number of hydrogen-bond acceptors (Lipinski definition) is 4. The Kier molecular flexibility index (Phi) is 4.32. The highest BCUT2D eigenvalue weighted by Gasteiger charge is 2.22. The number of rotatable bonds is 3. The normalized spacial score (nSPS) is 29.6. The average Bonchev–Trinajstić information content (AvgIpc) is 2.28. The lowest BCUT2D eigenvalue weighted by Gasteiger charge is -2.31. The minimum Gasteiger partial charge on any atom is -0.375 e. The van der Waals surface area contributed by atoms with Crippen molar-refractivity contribution in [1.29, 1.82) is 0 Å². The molecule has 1 saturated heterocycles. The van der Waals surface area contributed by atoms with Crippen LogP contribution in [0.15, 0.2) is 0 Å². The van der Waals surface area contributed by atoms with Gasteiger partial charge in [0.1, 0.15) is 5.78 Å². The van der Waals surface area contributed by atoms with Gasteiger partial charge in [0, 0.05) is 25.9 Å². The fourth-order valence-corrected chi connectivity index (χ4v) is 2.29. The topological polar surface area (TPSA) is 38.8 Å². The van der Waals surface area contributed by atoms with Gasteiger partial charge in [-0.1, -0.05) is 0 Å². The van der Waals surface area contributed by atoms with Crippen LogP contribution in [0.2, 0.25) is 0 Å². The molecule has 0 spiro atoms. The Morgan fingerprint density at radius 3 is 2.88 bits per heavy atom. The van der Waals surface area contributed by atoms with Crippen molar-refractivity contribution in [2.45, 2.75) is 37.9 Å². The van der Waals surface area contributed by atoms with Crippen LogP contribution in [-0.2, 0) is 14.3 Å². The molecule has 0 N–H and O–H groups in total. The number of likely N-dealkylation sites (N-methyl/N-ethyl adjacent to an activating group) is 1. The summed E-state index contributed by atoms with van der Waals surface area (Å²) in [4.78, 5) is 13.3. The summed E-state index contributed by atoms with van der Waals surface area (Å²) in [5, 5.41) is 0. The first-order valence-corrected chi connectivity index (χ1v) is 6.17. The number of nitrogens with zero attached hydrogens (tertiary/aromatic N) is 1. The van der Waals surface area contributed by atoms with Gasteiger partial charge in [-0.15, -0.1) is 0 Å². The Morgan fingerprint density at radius 1 is 1.44 bits per heavy atom. The molecule has 1 atom stereocenters. The van der Waals surface area contributed by atoms with Gasteiger partial charge in [0.15, 0.2) is 0 Å². The third-order valence-corrected chi connectivity index (χ3v) is 3.35. The number of hydrogen-bond donors (Lipinski definition) is 0. The van der Waals surface area contributed by atoms with Crippen molar-refractivity contribution in [3.05, 3.63) is 0 Å². The van der Waals surface area contributed by atoms with Gasteiger partial charge in [-0.25, -0.2) is 0 Å². The Hall–Kier alpha value is -0.450. The molecule has 2 aliphatic rings. The van der Waals surface area contributed by atoms with E-state index in [4.69, 9.17) is 9.47 Å². The van der Waals surface area contributed by atoms with Crippen LogP contribution in [0.4, 0.5) is 0 Å². The lowest BCUT2D eigenvalue weighted by molar-refractivity contribution is -0.125. The van der Waals surface area contributed by atoms with E-state index in [2.05, 4.69) is 11.9 Å². The quantitative estimate of drug-likeness (QED) is 0.716. The van der Waals surface area contributed by atoms with E-state index < -0.39 is 0 Å². The molecule has 16 heavy (non-hydrogen) atoms. The van der Waals surface area contributed by atoms with Gasteiger partial charge in [-0.05, 0) is 19.9 Å². The summed E-state index contributed by atoms with van der Waals surface area (Å²) >= 11 is 0. The second-order valence-electron chi connectivity index (χ2n) is 4.83. The van der Waals surface area contributed by atoms with Crippen LogP contribution in [-0.4, -0.2) is 56.2 Å². The van der Waals surface area contributed by atoms with E-state index in [-0.39, 0.29) is 12.2 Å². The Bertz CT molecular complexity index is 234. The maximum Gasteiger partial charge on any atom is 0.133 e. The van der Waals surface area contributed by atoms with E-state index in [1.54, 1.807) is 0 Å². The van der Waals surface area contributed by atoms with Gasteiger partial charge >= 0.3 is 0 Å². The molecule has 2 rings (SSSR count). The number of morpholine rings is 1. The molecule has 0 aromatic heterocycles. The minimum atomic E-state index is 0.205. The maximum absolute atomic E-state index is 11.1. The van der Waals surface area contributed by atoms with E-state index in [0.29, 0.717) is 25.2 Å². The summed E-state index contributed by atoms with van der Waals surface area (Å²) in [5.74, 6) is 0.383. The Balaban J connectivity index is 1.65. The molecule has 0 aromatic carbocycles. The van der Waals surface area contributed by atoms with E-state index in [0.717, 1.165) is 32.5 Å².